The van der Waals surface area contributed by atoms with Crippen LogP contribution in [0.2, 0.25) is 0 Å². The molecule has 38 heavy (non-hydrogen) atoms. The number of aromatic nitrogens is 2. The number of carbonyl (C=O) groups excluding carboxylic acids is 2. The van der Waals surface area contributed by atoms with E-state index in [9.17, 15) is 19.2 Å². The molecule has 0 spiro atoms. The highest BCUT2D eigenvalue weighted by molar-refractivity contribution is 5.99. The number of nitriles is 1. The lowest BCUT2D eigenvalue weighted by Crippen LogP contribution is -2.27. The van der Waals surface area contributed by atoms with Gasteiger partial charge in [-0.25, -0.2) is 14.4 Å². The number of pyridine rings is 2. The summed E-state index contributed by atoms with van der Waals surface area (Å²) in [6.07, 6.45) is 3.48. The van der Waals surface area contributed by atoms with Crippen LogP contribution in [0.4, 0.5) is 16.0 Å². The number of nitrogens with one attached hydrogen (secondary N) is 2. The molecule has 0 saturated heterocycles. The van der Waals surface area contributed by atoms with Crippen molar-refractivity contribution in [3.05, 3.63) is 107 Å². The van der Waals surface area contributed by atoms with Gasteiger partial charge in [-0.15, -0.1) is 0 Å². The first-order chi connectivity index (χ1) is 18.3. The predicted octanol–water partition coefficient (Wildman–Crippen LogP) is 3.42. The Bertz CT molecular complexity index is 1510. The molecule has 0 fully saturated rings. The minimum absolute atomic E-state index is 0.0762. The van der Waals surface area contributed by atoms with Crippen LogP contribution in [-0.2, 0) is 13.0 Å². The van der Waals surface area contributed by atoms with E-state index in [1.807, 2.05) is 30.3 Å². The maximum absolute atomic E-state index is 13.1. The van der Waals surface area contributed by atoms with Crippen molar-refractivity contribution in [2.75, 3.05) is 17.6 Å². The van der Waals surface area contributed by atoms with Gasteiger partial charge in [-0.05, 0) is 47.4 Å². The SMILES string of the molecule is N#Cc1cnc(NCc2ccc(-c3cnc(N)c(C(N)=O)c3)cc2)c(C(=O)NCCc2ccc(F)cc2)c1. The van der Waals surface area contributed by atoms with E-state index in [0.29, 0.717) is 30.9 Å². The number of hydrogen-bond acceptors (Lipinski definition) is 7. The van der Waals surface area contributed by atoms with Gasteiger partial charge in [0.05, 0.1) is 16.7 Å². The van der Waals surface area contributed by atoms with Gasteiger partial charge in [0.25, 0.3) is 11.8 Å². The average Bonchev–Trinajstić information content (AvgIpc) is 2.93. The van der Waals surface area contributed by atoms with E-state index in [-0.39, 0.29) is 34.2 Å². The Morgan fingerprint density at radius 1 is 0.921 bits per heavy atom. The molecule has 2 amide bonds. The summed E-state index contributed by atoms with van der Waals surface area (Å²) in [6.45, 7) is 0.696. The molecule has 6 N–H and O–H groups in total. The topological polar surface area (TPSA) is 160 Å². The van der Waals surface area contributed by atoms with Crippen LogP contribution in [0.25, 0.3) is 11.1 Å². The molecule has 4 aromatic rings. The average molecular weight is 510 g/mol. The first-order valence-corrected chi connectivity index (χ1v) is 11.7. The van der Waals surface area contributed by atoms with Gasteiger partial charge in [0.2, 0.25) is 0 Å². The Balaban J connectivity index is 1.43. The first kappa shape index (κ1) is 25.8. The van der Waals surface area contributed by atoms with Gasteiger partial charge < -0.3 is 22.1 Å². The monoisotopic (exact) mass is 509 g/mol. The number of rotatable bonds is 9. The molecule has 190 valence electrons. The third kappa shape index (κ3) is 6.27. The lowest BCUT2D eigenvalue weighted by molar-refractivity contribution is 0.0953. The molecule has 0 aliphatic rings. The largest absolute Gasteiger partial charge is 0.383 e. The van der Waals surface area contributed by atoms with Crippen LogP contribution in [0, 0.1) is 17.1 Å². The summed E-state index contributed by atoms with van der Waals surface area (Å²) in [5.41, 5.74) is 15.0. The summed E-state index contributed by atoms with van der Waals surface area (Å²) in [4.78, 5) is 32.7. The number of amides is 2. The summed E-state index contributed by atoms with van der Waals surface area (Å²) >= 11 is 0. The third-order valence-electron chi connectivity index (χ3n) is 5.81. The zero-order chi connectivity index (χ0) is 27.1. The number of carbonyl (C=O) groups is 2. The van der Waals surface area contributed by atoms with E-state index < -0.39 is 5.91 Å². The smallest absolute Gasteiger partial charge is 0.255 e. The number of hydrogen-bond donors (Lipinski definition) is 4. The van der Waals surface area contributed by atoms with Crippen molar-refractivity contribution in [1.29, 1.82) is 5.26 Å². The highest BCUT2D eigenvalue weighted by atomic mass is 19.1. The van der Waals surface area contributed by atoms with Crippen LogP contribution < -0.4 is 22.1 Å². The number of anilines is 2. The van der Waals surface area contributed by atoms with E-state index in [2.05, 4.69) is 20.6 Å². The van der Waals surface area contributed by atoms with Crippen LogP contribution in [0.5, 0.6) is 0 Å². The molecule has 0 aliphatic heterocycles. The second-order valence-corrected chi connectivity index (χ2v) is 8.44. The second kappa shape index (κ2) is 11.6. The quantitative estimate of drug-likeness (QED) is 0.269. The molecule has 0 aliphatic carbocycles. The van der Waals surface area contributed by atoms with Crippen molar-refractivity contribution in [2.45, 2.75) is 13.0 Å². The van der Waals surface area contributed by atoms with Gasteiger partial charge in [0.1, 0.15) is 23.5 Å². The molecule has 0 atom stereocenters. The molecule has 0 unspecified atom stereocenters. The fraction of sp³-hybridized carbons (Fsp3) is 0.107. The molecule has 10 heteroatoms. The van der Waals surface area contributed by atoms with Crippen molar-refractivity contribution in [3.63, 3.8) is 0 Å². The molecule has 2 aromatic heterocycles. The lowest BCUT2D eigenvalue weighted by Gasteiger charge is -2.12. The molecular weight excluding hydrogens is 485 g/mol. The lowest BCUT2D eigenvalue weighted by atomic mass is 10.0. The highest BCUT2D eigenvalue weighted by Gasteiger charge is 2.14. The third-order valence-corrected chi connectivity index (χ3v) is 5.81. The Morgan fingerprint density at radius 3 is 2.32 bits per heavy atom. The summed E-state index contributed by atoms with van der Waals surface area (Å²) in [5.74, 6) is -0.936. The van der Waals surface area contributed by atoms with Gasteiger partial charge in [-0.3, -0.25) is 9.59 Å². The summed E-state index contributed by atoms with van der Waals surface area (Å²) in [6, 6.07) is 18.6. The van der Waals surface area contributed by atoms with E-state index in [1.54, 1.807) is 24.4 Å². The molecule has 2 aromatic carbocycles. The predicted molar refractivity (Wildman–Crippen MR) is 141 cm³/mol. The highest BCUT2D eigenvalue weighted by Crippen LogP contribution is 2.23. The molecule has 0 radical (unpaired) electrons. The Hall–Kier alpha value is -5.30. The normalized spacial score (nSPS) is 10.4. The molecule has 0 bridgehead atoms. The van der Waals surface area contributed by atoms with Crippen molar-refractivity contribution in [3.8, 4) is 17.2 Å². The second-order valence-electron chi connectivity index (χ2n) is 8.44. The molecule has 2 heterocycles. The Kier molecular flexibility index (Phi) is 7.89. The van der Waals surface area contributed by atoms with Gasteiger partial charge in [-0.1, -0.05) is 36.4 Å². The summed E-state index contributed by atoms with van der Waals surface area (Å²) in [7, 11) is 0. The van der Waals surface area contributed by atoms with Crippen LogP contribution >= 0.6 is 0 Å². The fourth-order valence-corrected chi connectivity index (χ4v) is 3.74. The summed E-state index contributed by atoms with van der Waals surface area (Å²) in [5, 5.41) is 15.2. The van der Waals surface area contributed by atoms with E-state index in [1.165, 1.54) is 24.4 Å². The Labute approximate surface area is 218 Å². The van der Waals surface area contributed by atoms with Crippen LogP contribution in [0.3, 0.4) is 0 Å². The van der Waals surface area contributed by atoms with Crippen LogP contribution in [-0.4, -0.2) is 28.3 Å². The number of benzene rings is 2. The van der Waals surface area contributed by atoms with Crippen LogP contribution in [0.1, 0.15) is 37.4 Å². The minimum atomic E-state index is -0.650. The maximum atomic E-state index is 13.1. The number of primary amides is 1. The van der Waals surface area contributed by atoms with Gasteiger partial charge >= 0.3 is 0 Å². The van der Waals surface area contributed by atoms with Crippen molar-refractivity contribution < 1.29 is 14.0 Å². The number of nitrogens with two attached hydrogens (primary N) is 2. The van der Waals surface area contributed by atoms with E-state index in [4.69, 9.17) is 11.5 Å². The van der Waals surface area contributed by atoms with E-state index >= 15 is 0 Å². The van der Waals surface area contributed by atoms with Crippen molar-refractivity contribution in [2.24, 2.45) is 5.73 Å². The maximum Gasteiger partial charge on any atom is 0.255 e. The minimum Gasteiger partial charge on any atom is -0.383 e. The zero-order valence-corrected chi connectivity index (χ0v) is 20.2. The molecular formula is C28H24FN7O2. The number of nitrogens with zero attached hydrogens (tertiary/aromatic N) is 3. The Morgan fingerprint density at radius 2 is 1.63 bits per heavy atom. The standard InChI is InChI=1S/C28H24FN7O2/c29-22-7-3-17(4-8-22)9-10-33-28(38)24-11-19(13-30)15-36-27(24)35-14-18-1-5-20(6-2-18)21-12-23(26(32)37)25(31)34-16-21/h1-8,11-12,15-16H,9-10,14H2,(H2,31,34)(H2,32,37)(H,33,38)(H,35,36). The molecule has 4 rings (SSSR count). The van der Waals surface area contributed by atoms with Crippen molar-refractivity contribution >= 4 is 23.5 Å². The van der Waals surface area contributed by atoms with E-state index in [0.717, 1.165) is 16.7 Å². The number of nitrogen functional groups attached to an aromatic ring is 1. The van der Waals surface area contributed by atoms with Gasteiger partial charge in [0.15, 0.2) is 0 Å². The fourth-order valence-electron chi connectivity index (χ4n) is 3.74. The number of halogens is 1. The van der Waals surface area contributed by atoms with Crippen LogP contribution in [0.15, 0.2) is 73.1 Å². The zero-order valence-electron chi connectivity index (χ0n) is 20.2. The first-order valence-electron chi connectivity index (χ1n) is 11.7. The summed E-state index contributed by atoms with van der Waals surface area (Å²) < 4.78 is 13.1. The molecule has 9 nitrogen and oxygen atoms in total. The molecule has 0 saturated carbocycles. The van der Waals surface area contributed by atoms with Gasteiger partial charge in [0, 0.05) is 31.0 Å². The van der Waals surface area contributed by atoms with Crippen molar-refractivity contribution in [1.82, 2.24) is 15.3 Å². The van der Waals surface area contributed by atoms with Gasteiger partial charge in [-0.2, -0.15) is 5.26 Å².